The second-order valence-electron chi connectivity index (χ2n) is 6.65. The lowest BCUT2D eigenvalue weighted by Crippen LogP contribution is -2.28. The molecule has 9 heteroatoms. The number of carbonyl (C=O) groups excluding carboxylic acids is 1. The van der Waals surface area contributed by atoms with Crippen LogP contribution in [0.5, 0.6) is 0 Å². The van der Waals surface area contributed by atoms with E-state index >= 15 is 0 Å². The molecule has 2 aromatic heterocycles. The van der Waals surface area contributed by atoms with Crippen molar-refractivity contribution in [2.24, 2.45) is 0 Å². The number of aryl methyl sites for hydroxylation is 1. The molecule has 0 fully saturated rings. The summed E-state index contributed by atoms with van der Waals surface area (Å²) in [7, 11) is 0. The van der Waals surface area contributed by atoms with Gasteiger partial charge in [0.05, 0.1) is 10.7 Å². The number of benzene rings is 2. The average molecular weight is 424 g/mol. The molecule has 0 aliphatic heterocycles. The third-order valence-electron chi connectivity index (χ3n) is 4.39. The zero-order valence-electron chi connectivity index (χ0n) is 15.8. The first kappa shape index (κ1) is 19.7. The Morgan fingerprint density at radius 2 is 1.93 bits per heavy atom. The van der Waals surface area contributed by atoms with Gasteiger partial charge in [0.25, 0.3) is 5.56 Å². The van der Waals surface area contributed by atoms with Crippen molar-refractivity contribution in [3.8, 4) is 11.4 Å². The maximum atomic E-state index is 13.1. The minimum atomic E-state index is -0.448. The molecule has 0 aliphatic carbocycles. The van der Waals surface area contributed by atoms with Gasteiger partial charge in [-0.05, 0) is 48.9 Å². The van der Waals surface area contributed by atoms with Gasteiger partial charge >= 0.3 is 0 Å². The predicted molar refractivity (Wildman–Crippen MR) is 112 cm³/mol. The van der Waals surface area contributed by atoms with Crippen LogP contribution in [0, 0.1) is 12.7 Å². The number of halogens is 2. The van der Waals surface area contributed by atoms with E-state index in [1.165, 1.54) is 41.4 Å². The summed E-state index contributed by atoms with van der Waals surface area (Å²) in [6.07, 6.45) is 2.60. The fourth-order valence-corrected chi connectivity index (χ4v) is 3.15. The highest BCUT2D eigenvalue weighted by Crippen LogP contribution is 2.22. The summed E-state index contributed by atoms with van der Waals surface area (Å²) >= 11 is 6.13. The number of nitrogens with one attached hydrogen (secondary N) is 1. The van der Waals surface area contributed by atoms with Gasteiger partial charge in [0, 0.05) is 11.8 Å². The lowest BCUT2D eigenvalue weighted by Gasteiger charge is -2.10. The molecule has 0 bridgehead atoms. The largest absolute Gasteiger partial charge is 0.323 e. The van der Waals surface area contributed by atoms with Crippen LogP contribution in [0.4, 0.5) is 10.1 Å². The number of aromatic nitrogens is 4. The molecule has 0 saturated carbocycles. The van der Waals surface area contributed by atoms with E-state index in [0.29, 0.717) is 22.1 Å². The van der Waals surface area contributed by atoms with E-state index in [1.54, 1.807) is 12.1 Å². The molecule has 7 nitrogen and oxygen atoms in total. The summed E-state index contributed by atoms with van der Waals surface area (Å²) in [6.45, 7) is 1.65. The SMILES string of the molecule is Cc1ccc(NC(=O)Cn2cnc3nc(-c4ccc(F)cc4)ncc3c2=O)c(Cl)c1. The van der Waals surface area contributed by atoms with Crippen molar-refractivity contribution in [3.05, 3.63) is 81.7 Å². The van der Waals surface area contributed by atoms with Crippen molar-refractivity contribution < 1.29 is 9.18 Å². The van der Waals surface area contributed by atoms with Crippen molar-refractivity contribution in [2.45, 2.75) is 13.5 Å². The van der Waals surface area contributed by atoms with E-state index < -0.39 is 11.5 Å². The number of hydrogen-bond acceptors (Lipinski definition) is 5. The number of amides is 1. The van der Waals surface area contributed by atoms with E-state index in [9.17, 15) is 14.0 Å². The maximum Gasteiger partial charge on any atom is 0.264 e. The quantitative estimate of drug-likeness (QED) is 0.541. The van der Waals surface area contributed by atoms with Crippen LogP contribution in [0.25, 0.3) is 22.4 Å². The third kappa shape index (κ3) is 4.04. The van der Waals surface area contributed by atoms with Crippen molar-refractivity contribution in [1.82, 2.24) is 19.5 Å². The summed E-state index contributed by atoms with van der Waals surface area (Å²) in [5.41, 5.74) is 1.76. The summed E-state index contributed by atoms with van der Waals surface area (Å²) < 4.78 is 14.3. The molecule has 2 aromatic carbocycles. The first-order valence-electron chi connectivity index (χ1n) is 8.95. The van der Waals surface area contributed by atoms with Gasteiger partial charge in [-0.25, -0.2) is 19.3 Å². The van der Waals surface area contributed by atoms with Crippen LogP contribution in [0.2, 0.25) is 5.02 Å². The summed E-state index contributed by atoms with van der Waals surface area (Å²) in [6, 6.07) is 10.9. The Morgan fingerprint density at radius 1 is 1.17 bits per heavy atom. The van der Waals surface area contributed by atoms with E-state index in [2.05, 4.69) is 20.3 Å². The molecule has 30 heavy (non-hydrogen) atoms. The molecule has 4 rings (SSSR count). The summed E-state index contributed by atoms with van der Waals surface area (Å²) in [5, 5.41) is 3.26. The van der Waals surface area contributed by atoms with Crippen LogP contribution in [-0.2, 0) is 11.3 Å². The molecule has 0 unspecified atom stereocenters. The standard InChI is InChI=1S/C21H15ClFN5O2/c1-12-2-7-17(16(22)8-12)26-18(29)10-28-11-25-20-15(21(28)30)9-24-19(27-20)13-3-5-14(23)6-4-13/h2-9,11H,10H2,1H3,(H,26,29). The van der Waals surface area contributed by atoms with Crippen molar-refractivity contribution in [3.63, 3.8) is 0 Å². The number of carbonyl (C=O) groups is 1. The Kier molecular flexibility index (Phi) is 5.24. The van der Waals surface area contributed by atoms with Crippen molar-refractivity contribution >= 4 is 34.2 Å². The van der Waals surface area contributed by atoms with Crippen LogP contribution in [0.1, 0.15) is 5.56 Å². The van der Waals surface area contributed by atoms with Crippen molar-refractivity contribution in [2.75, 3.05) is 5.32 Å². The summed E-state index contributed by atoms with van der Waals surface area (Å²) in [4.78, 5) is 37.7. The lowest BCUT2D eigenvalue weighted by atomic mass is 10.2. The van der Waals surface area contributed by atoms with Gasteiger partial charge < -0.3 is 5.32 Å². The van der Waals surface area contributed by atoms with Gasteiger partial charge in [0.15, 0.2) is 11.5 Å². The number of fused-ring (bicyclic) bond motifs is 1. The normalized spacial score (nSPS) is 10.9. The Bertz CT molecular complexity index is 1320. The Morgan fingerprint density at radius 3 is 2.67 bits per heavy atom. The second-order valence-corrected chi connectivity index (χ2v) is 7.05. The van der Waals surface area contributed by atoms with Crippen molar-refractivity contribution in [1.29, 1.82) is 0 Å². The molecule has 4 aromatic rings. The smallest absolute Gasteiger partial charge is 0.264 e. The van der Waals surface area contributed by atoms with E-state index in [1.807, 2.05) is 13.0 Å². The third-order valence-corrected chi connectivity index (χ3v) is 4.71. The first-order chi connectivity index (χ1) is 14.4. The molecule has 1 N–H and O–H groups in total. The average Bonchev–Trinajstić information content (AvgIpc) is 2.72. The zero-order chi connectivity index (χ0) is 21.3. The second kappa shape index (κ2) is 8.00. The number of nitrogens with zero attached hydrogens (tertiary/aromatic N) is 4. The van der Waals surface area contributed by atoms with Crippen LogP contribution in [-0.4, -0.2) is 25.4 Å². The van der Waals surface area contributed by atoms with Crippen LogP contribution in [0.15, 0.2) is 59.8 Å². The minimum Gasteiger partial charge on any atom is -0.323 e. The molecule has 0 aliphatic rings. The molecule has 0 radical (unpaired) electrons. The van der Waals surface area contributed by atoms with Crippen LogP contribution < -0.4 is 10.9 Å². The minimum absolute atomic E-state index is 0.171. The highest BCUT2D eigenvalue weighted by Gasteiger charge is 2.12. The van der Waals surface area contributed by atoms with Gasteiger partial charge in [-0.3, -0.25) is 14.2 Å². The molecular formula is C21H15ClFN5O2. The van der Waals surface area contributed by atoms with E-state index in [4.69, 9.17) is 11.6 Å². The van der Waals surface area contributed by atoms with Gasteiger partial charge in [-0.1, -0.05) is 17.7 Å². The van der Waals surface area contributed by atoms with Gasteiger partial charge in [0.2, 0.25) is 5.91 Å². The summed E-state index contributed by atoms with van der Waals surface area (Å²) in [5.74, 6) is -0.475. The molecular weight excluding hydrogens is 409 g/mol. The topological polar surface area (TPSA) is 89.8 Å². The van der Waals surface area contributed by atoms with Crippen LogP contribution in [0.3, 0.4) is 0 Å². The Labute approximate surface area is 175 Å². The fraction of sp³-hybridized carbons (Fsp3) is 0.0952. The molecule has 150 valence electrons. The lowest BCUT2D eigenvalue weighted by molar-refractivity contribution is -0.116. The van der Waals surface area contributed by atoms with Gasteiger partial charge in [-0.15, -0.1) is 0 Å². The maximum absolute atomic E-state index is 13.1. The van der Waals surface area contributed by atoms with E-state index in [0.717, 1.165) is 5.56 Å². The van der Waals surface area contributed by atoms with Gasteiger partial charge in [-0.2, -0.15) is 0 Å². The van der Waals surface area contributed by atoms with E-state index in [-0.39, 0.29) is 23.4 Å². The molecule has 0 atom stereocenters. The zero-order valence-corrected chi connectivity index (χ0v) is 16.5. The molecule has 0 spiro atoms. The molecule has 0 saturated heterocycles. The predicted octanol–water partition coefficient (Wildman–Crippen LogP) is 3.59. The monoisotopic (exact) mass is 423 g/mol. The van der Waals surface area contributed by atoms with Crippen LogP contribution >= 0.6 is 11.6 Å². The Balaban J connectivity index is 1.58. The van der Waals surface area contributed by atoms with Gasteiger partial charge in [0.1, 0.15) is 24.1 Å². The molecule has 2 heterocycles. The number of rotatable bonds is 4. The first-order valence-corrected chi connectivity index (χ1v) is 9.32. The highest BCUT2D eigenvalue weighted by molar-refractivity contribution is 6.33. The Hall–Kier alpha value is -3.65. The fourth-order valence-electron chi connectivity index (χ4n) is 2.87. The number of hydrogen-bond donors (Lipinski definition) is 1. The molecule has 1 amide bonds. The highest BCUT2D eigenvalue weighted by atomic mass is 35.5. The number of anilines is 1.